The Morgan fingerprint density at radius 3 is 2.26 bits per heavy atom. The Morgan fingerprint density at radius 2 is 1.67 bits per heavy atom. The van der Waals surface area contributed by atoms with Crippen LogP contribution in [0.25, 0.3) is 0 Å². The summed E-state index contributed by atoms with van der Waals surface area (Å²) in [5.74, 6) is -1.47. The van der Waals surface area contributed by atoms with Crippen LogP contribution in [0.5, 0.6) is 0 Å². The van der Waals surface area contributed by atoms with Crippen molar-refractivity contribution in [3.8, 4) is 0 Å². The third-order valence-electron chi connectivity index (χ3n) is 3.41. The molecule has 0 unspecified atom stereocenters. The normalized spacial score (nSPS) is 10.9. The molecule has 0 bridgehead atoms. The summed E-state index contributed by atoms with van der Waals surface area (Å²) < 4.78 is 36.2. The van der Waals surface area contributed by atoms with Crippen molar-refractivity contribution < 1.29 is 27.7 Å². The first-order chi connectivity index (χ1) is 12.7. The molecule has 0 saturated heterocycles. The first-order valence-corrected chi connectivity index (χ1v) is 7.63. The van der Waals surface area contributed by atoms with Gasteiger partial charge >= 0.3 is 6.18 Å². The molecule has 0 heterocycles. The van der Waals surface area contributed by atoms with E-state index in [0.717, 1.165) is 0 Å². The highest BCUT2D eigenvalue weighted by molar-refractivity contribution is 6.07. The summed E-state index contributed by atoms with van der Waals surface area (Å²) in [4.78, 5) is 33.9. The number of hydrogen-bond donors (Lipinski definition) is 2. The smallest absolute Gasteiger partial charge is 0.347 e. The maximum atomic E-state index is 12.2. The molecule has 10 heteroatoms. The molecule has 0 aromatic heterocycles. The van der Waals surface area contributed by atoms with E-state index in [1.54, 1.807) is 5.32 Å². The predicted molar refractivity (Wildman–Crippen MR) is 90.3 cm³/mol. The second-order valence-corrected chi connectivity index (χ2v) is 5.49. The number of nitro groups is 1. The molecule has 0 atom stereocenters. The molecule has 27 heavy (non-hydrogen) atoms. The standard InChI is InChI=1S/C17H14F3N3O4/c18-17(19,20)10-21-15(24)9-11-5-7-12(8-6-11)22-16(25)13-3-1-2-4-14(13)23(26)27/h1-8H,9-10H2,(H,21,24)(H,22,25). The third-order valence-corrected chi connectivity index (χ3v) is 3.41. The number of halogens is 3. The Kier molecular flexibility index (Phi) is 6.11. The summed E-state index contributed by atoms with van der Waals surface area (Å²) in [7, 11) is 0. The van der Waals surface area contributed by atoms with E-state index in [1.807, 2.05) is 0 Å². The van der Waals surface area contributed by atoms with Gasteiger partial charge in [-0.25, -0.2) is 0 Å². The molecule has 0 saturated carbocycles. The lowest BCUT2D eigenvalue weighted by atomic mass is 10.1. The number of nitrogens with one attached hydrogen (secondary N) is 2. The van der Waals surface area contributed by atoms with E-state index >= 15 is 0 Å². The molecule has 7 nitrogen and oxygen atoms in total. The molecule has 2 rings (SSSR count). The molecule has 2 N–H and O–H groups in total. The number of para-hydroxylation sites is 1. The van der Waals surface area contributed by atoms with Gasteiger partial charge in [0.25, 0.3) is 11.6 Å². The monoisotopic (exact) mass is 381 g/mol. The fraction of sp³-hybridized carbons (Fsp3) is 0.176. The highest BCUT2D eigenvalue weighted by Gasteiger charge is 2.27. The molecule has 0 aliphatic carbocycles. The Hall–Kier alpha value is -3.43. The van der Waals surface area contributed by atoms with E-state index in [9.17, 15) is 32.9 Å². The van der Waals surface area contributed by atoms with Gasteiger partial charge in [0.15, 0.2) is 0 Å². The minimum Gasteiger partial charge on any atom is -0.347 e. The average Bonchev–Trinajstić information content (AvgIpc) is 2.61. The van der Waals surface area contributed by atoms with Crippen molar-refractivity contribution in [3.63, 3.8) is 0 Å². The summed E-state index contributed by atoms with van der Waals surface area (Å²) in [6, 6.07) is 11.3. The van der Waals surface area contributed by atoms with E-state index < -0.39 is 29.5 Å². The second-order valence-electron chi connectivity index (χ2n) is 5.49. The summed E-state index contributed by atoms with van der Waals surface area (Å²) >= 11 is 0. The van der Waals surface area contributed by atoms with Gasteiger partial charge in [-0.1, -0.05) is 24.3 Å². The minimum atomic E-state index is -4.48. The van der Waals surface area contributed by atoms with Crippen molar-refractivity contribution in [1.82, 2.24) is 5.32 Å². The zero-order chi connectivity index (χ0) is 20.0. The first-order valence-electron chi connectivity index (χ1n) is 7.63. The zero-order valence-corrected chi connectivity index (χ0v) is 13.7. The van der Waals surface area contributed by atoms with E-state index in [-0.39, 0.29) is 17.7 Å². The van der Waals surface area contributed by atoms with Crippen molar-refractivity contribution in [1.29, 1.82) is 0 Å². The quantitative estimate of drug-likeness (QED) is 0.593. The molecule has 2 aromatic carbocycles. The Bertz CT molecular complexity index is 851. The predicted octanol–water partition coefficient (Wildman–Crippen LogP) is 3.07. The van der Waals surface area contributed by atoms with Gasteiger partial charge in [-0.3, -0.25) is 19.7 Å². The van der Waals surface area contributed by atoms with Gasteiger partial charge in [0.2, 0.25) is 5.91 Å². The summed E-state index contributed by atoms with van der Waals surface area (Å²) in [5.41, 5.74) is 0.307. The van der Waals surface area contributed by atoms with Crippen LogP contribution in [0, 0.1) is 10.1 Å². The zero-order valence-electron chi connectivity index (χ0n) is 13.7. The molecule has 0 aliphatic heterocycles. The highest BCUT2D eigenvalue weighted by Crippen LogP contribution is 2.20. The van der Waals surface area contributed by atoms with E-state index in [4.69, 9.17) is 0 Å². The van der Waals surface area contributed by atoms with Crippen molar-refractivity contribution in [2.75, 3.05) is 11.9 Å². The van der Waals surface area contributed by atoms with Crippen LogP contribution in [-0.4, -0.2) is 29.5 Å². The number of amides is 2. The first kappa shape index (κ1) is 19.9. The van der Waals surface area contributed by atoms with Gasteiger partial charge < -0.3 is 10.6 Å². The second kappa shape index (κ2) is 8.30. The van der Waals surface area contributed by atoms with Gasteiger partial charge in [0, 0.05) is 11.8 Å². The minimum absolute atomic E-state index is 0.113. The lowest BCUT2D eigenvalue weighted by Crippen LogP contribution is -2.34. The largest absolute Gasteiger partial charge is 0.405 e. The molecule has 0 spiro atoms. The van der Waals surface area contributed by atoms with E-state index in [2.05, 4.69) is 5.32 Å². The third kappa shape index (κ3) is 6.10. The molecule has 2 amide bonds. The summed E-state index contributed by atoms with van der Waals surface area (Å²) in [6.45, 7) is -1.41. The lowest BCUT2D eigenvalue weighted by Gasteiger charge is -2.09. The maximum absolute atomic E-state index is 12.2. The topological polar surface area (TPSA) is 101 Å². The van der Waals surface area contributed by atoms with Crippen LogP contribution in [0.1, 0.15) is 15.9 Å². The van der Waals surface area contributed by atoms with Gasteiger partial charge in [-0.15, -0.1) is 0 Å². The van der Waals surface area contributed by atoms with Gasteiger partial charge in [-0.05, 0) is 23.8 Å². The van der Waals surface area contributed by atoms with Crippen LogP contribution in [0.4, 0.5) is 24.5 Å². The number of anilines is 1. The number of hydrogen-bond acceptors (Lipinski definition) is 4. The summed E-state index contributed by atoms with van der Waals surface area (Å²) in [5, 5.41) is 15.2. The fourth-order valence-corrected chi connectivity index (χ4v) is 2.18. The van der Waals surface area contributed by atoms with Crippen LogP contribution in [0.2, 0.25) is 0 Å². The molecular weight excluding hydrogens is 367 g/mol. The Morgan fingerprint density at radius 1 is 1.04 bits per heavy atom. The SMILES string of the molecule is O=C(Cc1ccc(NC(=O)c2ccccc2[N+](=O)[O-])cc1)NCC(F)(F)F. The molecule has 142 valence electrons. The van der Waals surface area contributed by atoms with Crippen LogP contribution >= 0.6 is 0 Å². The lowest BCUT2D eigenvalue weighted by molar-refractivity contribution is -0.385. The van der Waals surface area contributed by atoms with Crippen LogP contribution in [0.3, 0.4) is 0 Å². The van der Waals surface area contributed by atoms with Crippen LogP contribution in [0.15, 0.2) is 48.5 Å². The average molecular weight is 381 g/mol. The number of benzene rings is 2. The van der Waals surface area contributed by atoms with Crippen LogP contribution in [-0.2, 0) is 11.2 Å². The van der Waals surface area contributed by atoms with Gasteiger partial charge in [0.05, 0.1) is 11.3 Å². The molecular formula is C17H14F3N3O4. The van der Waals surface area contributed by atoms with Crippen molar-refractivity contribution >= 4 is 23.2 Å². The molecule has 2 aromatic rings. The highest BCUT2D eigenvalue weighted by atomic mass is 19.4. The number of carbonyl (C=O) groups excluding carboxylic acids is 2. The molecule has 0 radical (unpaired) electrons. The van der Waals surface area contributed by atoms with Crippen LogP contribution < -0.4 is 10.6 Å². The van der Waals surface area contributed by atoms with Crippen molar-refractivity contribution in [2.24, 2.45) is 0 Å². The fourth-order valence-electron chi connectivity index (χ4n) is 2.18. The van der Waals surface area contributed by atoms with Crippen molar-refractivity contribution in [3.05, 3.63) is 69.8 Å². The van der Waals surface area contributed by atoms with Gasteiger partial charge in [0.1, 0.15) is 12.1 Å². The Labute approximate surface area is 151 Å². The number of nitro benzene ring substituents is 1. The summed E-state index contributed by atoms with van der Waals surface area (Å²) in [6.07, 6.45) is -4.74. The molecule has 0 aliphatic rings. The number of alkyl halides is 3. The van der Waals surface area contributed by atoms with Crippen molar-refractivity contribution in [2.45, 2.75) is 12.6 Å². The number of nitrogens with zero attached hydrogens (tertiary/aromatic N) is 1. The number of rotatable bonds is 6. The maximum Gasteiger partial charge on any atom is 0.405 e. The van der Waals surface area contributed by atoms with E-state index in [0.29, 0.717) is 11.3 Å². The van der Waals surface area contributed by atoms with E-state index in [1.165, 1.54) is 48.5 Å². The molecule has 0 fully saturated rings. The number of carbonyl (C=O) groups is 2. The Balaban J connectivity index is 1.99. The van der Waals surface area contributed by atoms with Gasteiger partial charge in [-0.2, -0.15) is 13.2 Å².